The number of carbonyl (C=O) groups is 2. The van der Waals surface area contributed by atoms with E-state index in [4.69, 9.17) is 0 Å². The molecule has 1 unspecified atom stereocenters. The van der Waals surface area contributed by atoms with Gasteiger partial charge >= 0.3 is 5.97 Å². The zero-order valence-electron chi connectivity index (χ0n) is 8.69. The third-order valence-corrected chi connectivity index (χ3v) is 2.96. The average Bonchev–Trinajstić information content (AvgIpc) is 2.25. The molecule has 0 fully saturated rings. The molecule has 1 N–H and O–H groups in total. The van der Waals surface area contributed by atoms with Crippen LogP contribution < -0.4 is 5.32 Å². The third-order valence-electron chi connectivity index (χ3n) is 2.05. The second kappa shape index (κ2) is 6.50. The Balaban J connectivity index is 2.58. The van der Waals surface area contributed by atoms with Gasteiger partial charge in [-0.15, -0.1) is 11.8 Å². The van der Waals surface area contributed by atoms with E-state index in [1.807, 2.05) is 11.5 Å². The van der Waals surface area contributed by atoms with Crippen LogP contribution in [0.15, 0.2) is 11.5 Å². The minimum atomic E-state index is -0.532. The topological polar surface area (TPSA) is 55.4 Å². The zero-order chi connectivity index (χ0) is 11.1. The van der Waals surface area contributed by atoms with Crippen molar-refractivity contribution in [1.29, 1.82) is 0 Å². The average molecular weight is 229 g/mol. The molecule has 1 atom stereocenters. The van der Waals surface area contributed by atoms with Gasteiger partial charge in [-0.25, -0.2) is 4.79 Å². The lowest BCUT2D eigenvalue weighted by Gasteiger charge is -2.16. The number of hydrogen-bond donors (Lipinski definition) is 1. The van der Waals surface area contributed by atoms with Crippen LogP contribution in [0, 0.1) is 0 Å². The minimum Gasteiger partial charge on any atom is -0.467 e. The highest BCUT2D eigenvalue weighted by Crippen LogP contribution is 2.10. The zero-order valence-corrected chi connectivity index (χ0v) is 9.51. The molecule has 0 radical (unpaired) electrons. The fraction of sp³-hybridized carbons (Fsp3) is 0.600. The van der Waals surface area contributed by atoms with Gasteiger partial charge in [-0.05, 0) is 18.2 Å². The summed E-state index contributed by atoms with van der Waals surface area (Å²) in [6, 6.07) is -0.532. The summed E-state index contributed by atoms with van der Waals surface area (Å²) in [7, 11) is 1.33. The van der Waals surface area contributed by atoms with E-state index in [2.05, 4.69) is 10.1 Å². The summed E-state index contributed by atoms with van der Waals surface area (Å²) < 4.78 is 4.62. The van der Waals surface area contributed by atoms with Crippen molar-refractivity contribution in [3.8, 4) is 0 Å². The van der Waals surface area contributed by atoms with Gasteiger partial charge < -0.3 is 10.1 Å². The van der Waals surface area contributed by atoms with Crippen LogP contribution in [0.5, 0.6) is 0 Å². The van der Waals surface area contributed by atoms with Gasteiger partial charge in [-0.3, -0.25) is 4.79 Å². The summed E-state index contributed by atoms with van der Waals surface area (Å²) in [4.78, 5) is 22.7. The summed E-state index contributed by atoms with van der Waals surface area (Å²) in [6.45, 7) is 0. The van der Waals surface area contributed by atoms with E-state index in [1.165, 1.54) is 18.9 Å². The van der Waals surface area contributed by atoms with Crippen molar-refractivity contribution in [3.05, 3.63) is 11.5 Å². The van der Waals surface area contributed by atoms with Crippen molar-refractivity contribution >= 4 is 23.6 Å². The smallest absolute Gasteiger partial charge is 0.329 e. The van der Waals surface area contributed by atoms with Crippen LogP contribution in [-0.4, -0.2) is 30.8 Å². The normalized spacial score (nSPS) is 25.1. The molecule has 1 heterocycles. The van der Waals surface area contributed by atoms with Crippen molar-refractivity contribution in [3.63, 3.8) is 0 Å². The minimum absolute atomic E-state index is 0.0821. The number of ether oxygens (including phenoxy) is 1. The Bertz CT molecular complexity index is 265. The van der Waals surface area contributed by atoms with Gasteiger partial charge in [-0.2, -0.15) is 0 Å². The van der Waals surface area contributed by atoms with Crippen molar-refractivity contribution in [2.24, 2.45) is 0 Å². The molecule has 0 aromatic rings. The molecule has 1 aliphatic heterocycles. The van der Waals surface area contributed by atoms with Gasteiger partial charge in [0.25, 0.3) is 0 Å². The Morgan fingerprint density at radius 1 is 1.67 bits per heavy atom. The Morgan fingerprint density at radius 3 is 3.20 bits per heavy atom. The van der Waals surface area contributed by atoms with Crippen LogP contribution in [-0.2, 0) is 14.3 Å². The van der Waals surface area contributed by atoms with Crippen LogP contribution >= 0.6 is 11.8 Å². The first kappa shape index (κ1) is 12.1. The quantitative estimate of drug-likeness (QED) is 0.683. The molecule has 5 heteroatoms. The molecule has 0 saturated heterocycles. The van der Waals surface area contributed by atoms with E-state index < -0.39 is 6.04 Å². The first-order chi connectivity index (χ1) is 7.24. The first-order valence-electron chi connectivity index (χ1n) is 4.88. The Labute approximate surface area is 93.4 Å². The number of amides is 1. The van der Waals surface area contributed by atoms with Gasteiger partial charge in [0.05, 0.1) is 7.11 Å². The van der Waals surface area contributed by atoms with E-state index in [9.17, 15) is 9.59 Å². The van der Waals surface area contributed by atoms with Crippen LogP contribution in [0.25, 0.3) is 0 Å². The summed E-state index contributed by atoms with van der Waals surface area (Å²) in [5.74, 6) is 0.0562. The summed E-state index contributed by atoms with van der Waals surface area (Å²) in [6.07, 6.45) is 4.21. The summed E-state index contributed by atoms with van der Waals surface area (Å²) in [5.41, 5.74) is 0. The van der Waals surface area contributed by atoms with Crippen LogP contribution in [0.2, 0.25) is 0 Å². The number of esters is 1. The second-order valence-electron chi connectivity index (χ2n) is 3.24. The number of nitrogens with one attached hydrogen (secondary N) is 1. The van der Waals surface area contributed by atoms with Crippen LogP contribution in [0.3, 0.4) is 0 Å². The molecule has 84 valence electrons. The predicted molar refractivity (Wildman–Crippen MR) is 59.4 cm³/mol. The Kier molecular flexibility index (Phi) is 5.25. The molecule has 0 saturated carbocycles. The number of allylic oxidation sites excluding steroid dienone is 1. The molecule has 1 aliphatic rings. The van der Waals surface area contributed by atoms with Crippen molar-refractivity contribution in [2.45, 2.75) is 25.3 Å². The maximum Gasteiger partial charge on any atom is 0.329 e. The molecule has 0 bridgehead atoms. The number of thioether (sulfide) groups is 1. The molecule has 15 heavy (non-hydrogen) atoms. The van der Waals surface area contributed by atoms with Gasteiger partial charge in [0.15, 0.2) is 0 Å². The Hall–Kier alpha value is -0.970. The van der Waals surface area contributed by atoms with Crippen molar-refractivity contribution in [1.82, 2.24) is 5.32 Å². The van der Waals surface area contributed by atoms with E-state index in [0.29, 0.717) is 12.2 Å². The number of carbonyl (C=O) groups excluding carboxylic acids is 2. The van der Waals surface area contributed by atoms with Gasteiger partial charge in [0, 0.05) is 12.2 Å². The highest BCUT2D eigenvalue weighted by Gasteiger charge is 2.20. The van der Waals surface area contributed by atoms with Crippen molar-refractivity contribution in [2.75, 3.05) is 12.9 Å². The highest BCUT2D eigenvalue weighted by molar-refractivity contribution is 8.02. The number of methoxy groups -OCH3 is 1. The van der Waals surface area contributed by atoms with Gasteiger partial charge in [0.2, 0.25) is 5.91 Å². The lowest BCUT2D eigenvalue weighted by molar-refractivity contribution is -0.144. The maximum atomic E-state index is 11.4. The van der Waals surface area contributed by atoms with E-state index in [0.717, 1.165) is 12.8 Å². The molecular weight excluding hydrogens is 214 g/mol. The molecule has 0 spiro atoms. The summed E-state index contributed by atoms with van der Waals surface area (Å²) >= 11 is 1.51. The van der Waals surface area contributed by atoms with Crippen molar-refractivity contribution < 1.29 is 14.3 Å². The fourth-order valence-corrected chi connectivity index (χ4v) is 2.04. The SMILES string of the molecule is COC(=O)C1CS/C=C\CCCC(=O)N1. The van der Waals surface area contributed by atoms with E-state index in [1.54, 1.807) is 0 Å². The molecule has 0 aromatic carbocycles. The second-order valence-corrected chi connectivity index (χ2v) is 4.18. The lowest BCUT2D eigenvalue weighted by atomic mass is 10.2. The maximum absolute atomic E-state index is 11.4. The number of hydrogen-bond acceptors (Lipinski definition) is 4. The van der Waals surface area contributed by atoms with Gasteiger partial charge in [-0.1, -0.05) is 6.08 Å². The predicted octanol–water partition coefficient (Wildman–Crippen LogP) is 1.07. The third kappa shape index (κ3) is 4.38. The monoisotopic (exact) mass is 229 g/mol. The molecule has 1 amide bonds. The lowest BCUT2D eigenvalue weighted by Crippen LogP contribution is -2.43. The van der Waals surface area contributed by atoms with E-state index in [-0.39, 0.29) is 11.9 Å². The molecular formula is C10H15NO3S. The van der Waals surface area contributed by atoms with E-state index >= 15 is 0 Å². The van der Waals surface area contributed by atoms with Crippen LogP contribution in [0.4, 0.5) is 0 Å². The highest BCUT2D eigenvalue weighted by atomic mass is 32.2. The molecule has 1 rings (SSSR count). The molecule has 0 aromatic heterocycles. The summed E-state index contributed by atoms with van der Waals surface area (Å²) in [5, 5.41) is 4.63. The van der Waals surface area contributed by atoms with Crippen LogP contribution in [0.1, 0.15) is 19.3 Å². The fourth-order valence-electron chi connectivity index (χ4n) is 1.25. The largest absolute Gasteiger partial charge is 0.467 e. The molecule has 0 aliphatic carbocycles. The molecule has 4 nitrogen and oxygen atoms in total. The number of rotatable bonds is 1. The standard InChI is InChI=1S/C10H15NO3S/c1-14-10(13)8-7-15-6-4-2-3-5-9(12)11-8/h4,6,8H,2-3,5,7H2,1H3,(H,11,12)/b6-4-. The Morgan fingerprint density at radius 2 is 2.47 bits per heavy atom. The first-order valence-corrected chi connectivity index (χ1v) is 5.92. The van der Waals surface area contributed by atoms with Gasteiger partial charge in [0.1, 0.15) is 6.04 Å².